The number of methoxy groups -OCH3 is 2. The van der Waals surface area contributed by atoms with Crippen LogP contribution in [-0.4, -0.2) is 38.8 Å². The molecule has 0 aromatic heterocycles. The van der Waals surface area contributed by atoms with Gasteiger partial charge in [-0.05, 0) is 29.0 Å². The molecular weight excluding hydrogens is 370 g/mol. The molecule has 2 amide bonds. The minimum Gasteiger partial charge on any atom is -0.493 e. The number of hydrogen-bond donors (Lipinski definition) is 2. The molecule has 0 fully saturated rings. The van der Waals surface area contributed by atoms with Crippen molar-refractivity contribution in [3.8, 4) is 11.5 Å². The Kier molecular flexibility index (Phi) is 6.42. The summed E-state index contributed by atoms with van der Waals surface area (Å²) in [6.45, 7) is -0.208. The van der Waals surface area contributed by atoms with Crippen molar-refractivity contribution in [2.24, 2.45) is 5.10 Å². The van der Waals surface area contributed by atoms with E-state index in [1.54, 1.807) is 24.4 Å². The Hall–Kier alpha value is -3.87. The Bertz CT molecular complexity index is 1060. The SMILES string of the molecule is COc1ccc(C(=O)NCC(=O)N/N=C/c2cccc3ccccc23)cc1OC. The number of rotatable bonds is 7. The molecule has 0 bridgehead atoms. The first-order chi connectivity index (χ1) is 14.1. The van der Waals surface area contributed by atoms with Gasteiger partial charge in [0.2, 0.25) is 0 Å². The highest BCUT2D eigenvalue weighted by molar-refractivity contribution is 6.00. The van der Waals surface area contributed by atoms with Gasteiger partial charge < -0.3 is 14.8 Å². The molecule has 0 radical (unpaired) electrons. The molecule has 0 heterocycles. The van der Waals surface area contributed by atoms with Gasteiger partial charge in [0.15, 0.2) is 11.5 Å². The van der Waals surface area contributed by atoms with Crippen molar-refractivity contribution >= 4 is 28.8 Å². The summed E-state index contributed by atoms with van der Waals surface area (Å²) in [6.07, 6.45) is 1.58. The lowest BCUT2D eigenvalue weighted by Gasteiger charge is -2.09. The van der Waals surface area contributed by atoms with Crippen molar-refractivity contribution < 1.29 is 19.1 Å². The summed E-state index contributed by atoms with van der Waals surface area (Å²) in [5.74, 6) is 0.114. The van der Waals surface area contributed by atoms with Crippen LogP contribution in [0.5, 0.6) is 11.5 Å². The lowest BCUT2D eigenvalue weighted by atomic mass is 10.1. The van der Waals surface area contributed by atoms with Crippen LogP contribution in [0, 0.1) is 0 Å². The Balaban J connectivity index is 1.56. The van der Waals surface area contributed by atoms with Crippen molar-refractivity contribution in [2.75, 3.05) is 20.8 Å². The predicted octanol–water partition coefficient (Wildman–Crippen LogP) is 2.74. The Labute approximate surface area is 168 Å². The van der Waals surface area contributed by atoms with E-state index in [-0.39, 0.29) is 6.54 Å². The van der Waals surface area contributed by atoms with Crippen LogP contribution >= 0.6 is 0 Å². The fourth-order valence-corrected chi connectivity index (χ4v) is 2.82. The molecule has 0 aliphatic carbocycles. The smallest absolute Gasteiger partial charge is 0.259 e. The monoisotopic (exact) mass is 391 g/mol. The van der Waals surface area contributed by atoms with Gasteiger partial charge in [-0.15, -0.1) is 0 Å². The highest BCUT2D eigenvalue weighted by Crippen LogP contribution is 2.27. The van der Waals surface area contributed by atoms with E-state index in [1.165, 1.54) is 14.2 Å². The van der Waals surface area contributed by atoms with Crippen molar-refractivity contribution in [1.29, 1.82) is 0 Å². The van der Waals surface area contributed by atoms with Crippen LogP contribution in [0.4, 0.5) is 0 Å². The van der Waals surface area contributed by atoms with Crippen molar-refractivity contribution in [3.05, 3.63) is 71.8 Å². The maximum absolute atomic E-state index is 12.2. The van der Waals surface area contributed by atoms with Gasteiger partial charge in [0.05, 0.1) is 27.0 Å². The topological polar surface area (TPSA) is 89.0 Å². The highest BCUT2D eigenvalue weighted by atomic mass is 16.5. The summed E-state index contributed by atoms with van der Waals surface area (Å²) in [7, 11) is 3.00. The van der Waals surface area contributed by atoms with Gasteiger partial charge in [0, 0.05) is 11.1 Å². The molecule has 2 N–H and O–H groups in total. The van der Waals surface area contributed by atoms with Gasteiger partial charge in [-0.25, -0.2) is 5.43 Å². The van der Waals surface area contributed by atoms with E-state index < -0.39 is 11.8 Å². The minimum absolute atomic E-state index is 0.208. The first-order valence-corrected chi connectivity index (χ1v) is 8.92. The summed E-state index contributed by atoms with van der Waals surface area (Å²) >= 11 is 0. The number of nitrogens with one attached hydrogen (secondary N) is 2. The second-order valence-electron chi connectivity index (χ2n) is 6.11. The number of fused-ring (bicyclic) bond motifs is 1. The van der Waals surface area contributed by atoms with Crippen LogP contribution in [0.1, 0.15) is 15.9 Å². The normalized spacial score (nSPS) is 10.7. The van der Waals surface area contributed by atoms with E-state index in [9.17, 15) is 9.59 Å². The van der Waals surface area contributed by atoms with Crippen LogP contribution < -0.4 is 20.2 Å². The zero-order valence-electron chi connectivity index (χ0n) is 16.1. The molecule has 148 valence electrons. The van der Waals surface area contributed by atoms with Gasteiger partial charge in [-0.3, -0.25) is 9.59 Å². The number of carbonyl (C=O) groups excluding carboxylic acids is 2. The number of nitrogens with zero attached hydrogens (tertiary/aromatic N) is 1. The third-order valence-corrected chi connectivity index (χ3v) is 4.27. The van der Waals surface area contributed by atoms with Crippen molar-refractivity contribution in [2.45, 2.75) is 0 Å². The Morgan fingerprint density at radius 1 is 0.966 bits per heavy atom. The fraction of sp³-hybridized carbons (Fsp3) is 0.136. The van der Waals surface area contributed by atoms with Crippen molar-refractivity contribution in [1.82, 2.24) is 10.7 Å². The number of benzene rings is 3. The summed E-state index contributed by atoms with van der Waals surface area (Å²) in [5.41, 5.74) is 3.66. The molecule has 3 rings (SSSR count). The van der Waals surface area contributed by atoms with E-state index in [0.29, 0.717) is 17.1 Å². The van der Waals surface area contributed by atoms with E-state index >= 15 is 0 Å². The predicted molar refractivity (Wildman–Crippen MR) is 112 cm³/mol. The van der Waals surface area contributed by atoms with Crippen LogP contribution in [-0.2, 0) is 4.79 Å². The maximum atomic E-state index is 12.2. The molecule has 0 saturated heterocycles. The number of amides is 2. The number of carbonyl (C=O) groups is 2. The molecule has 3 aromatic rings. The second kappa shape index (κ2) is 9.36. The molecule has 29 heavy (non-hydrogen) atoms. The Morgan fingerprint density at radius 3 is 2.52 bits per heavy atom. The van der Waals surface area contributed by atoms with Crippen molar-refractivity contribution in [3.63, 3.8) is 0 Å². The first-order valence-electron chi connectivity index (χ1n) is 8.92. The molecular formula is C22H21N3O4. The molecule has 0 saturated carbocycles. The zero-order chi connectivity index (χ0) is 20.6. The van der Waals surface area contributed by atoms with Crippen LogP contribution in [0.3, 0.4) is 0 Å². The third-order valence-electron chi connectivity index (χ3n) is 4.27. The molecule has 0 unspecified atom stereocenters. The lowest BCUT2D eigenvalue weighted by molar-refractivity contribution is -0.120. The average molecular weight is 391 g/mol. The maximum Gasteiger partial charge on any atom is 0.259 e. The van der Waals surface area contributed by atoms with Gasteiger partial charge in [0.1, 0.15) is 0 Å². The largest absolute Gasteiger partial charge is 0.493 e. The van der Waals surface area contributed by atoms with E-state index in [1.807, 2.05) is 42.5 Å². The molecule has 7 nitrogen and oxygen atoms in total. The number of hydrazone groups is 1. The quantitative estimate of drug-likeness (QED) is 0.479. The summed E-state index contributed by atoms with van der Waals surface area (Å²) in [6, 6.07) is 18.5. The molecule has 0 spiro atoms. The zero-order valence-corrected chi connectivity index (χ0v) is 16.1. The van der Waals surface area contributed by atoms with Crippen LogP contribution in [0.2, 0.25) is 0 Å². The third kappa shape index (κ3) is 4.90. The van der Waals surface area contributed by atoms with Gasteiger partial charge in [-0.2, -0.15) is 5.10 Å². The summed E-state index contributed by atoms with van der Waals surface area (Å²) in [5, 5.41) is 8.65. The average Bonchev–Trinajstić information content (AvgIpc) is 2.77. The van der Waals surface area contributed by atoms with Gasteiger partial charge in [-0.1, -0.05) is 42.5 Å². The number of ether oxygens (including phenoxy) is 2. The Morgan fingerprint density at radius 2 is 1.72 bits per heavy atom. The van der Waals surface area contributed by atoms with E-state index in [4.69, 9.17) is 9.47 Å². The molecule has 3 aromatic carbocycles. The number of hydrogen-bond acceptors (Lipinski definition) is 5. The lowest BCUT2D eigenvalue weighted by Crippen LogP contribution is -2.34. The molecule has 7 heteroatoms. The van der Waals surface area contributed by atoms with E-state index in [2.05, 4.69) is 15.8 Å². The minimum atomic E-state index is -0.435. The second-order valence-corrected chi connectivity index (χ2v) is 6.11. The first kappa shape index (κ1) is 19.9. The fourth-order valence-electron chi connectivity index (χ4n) is 2.82. The van der Waals surface area contributed by atoms with E-state index in [0.717, 1.165) is 16.3 Å². The molecule has 0 aliphatic rings. The van der Waals surface area contributed by atoms with Crippen LogP contribution in [0.25, 0.3) is 10.8 Å². The van der Waals surface area contributed by atoms with Gasteiger partial charge >= 0.3 is 0 Å². The highest BCUT2D eigenvalue weighted by Gasteiger charge is 2.11. The standard InChI is InChI=1S/C22H21N3O4/c1-28-19-11-10-16(12-20(19)29-2)22(27)23-14-21(26)25-24-13-17-8-5-7-15-6-3-4-9-18(15)17/h3-13H,14H2,1-2H3,(H,23,27)(H,25,26)/b24-13+. The summed E-state index contributed by atoms with van der Waals surface area (Å²) in [4.78, 5) is 24.2. The molecule has 0 atom stereocenters. The molecule has 0 aliphatic heterocycles. The summed E-state index contributed by atoms with van der Waals surface area (Å²) < 4.78 is 10.3. The van der Waals surface area contributed by atoms with Gasteiger partial charge in [0.25, 0.3) is 11.8 Å². The van der Waals surface area contributed by atoms with Crippen LogP contribution in [0.15, 0.2) is 65.8 Å².